The van der Waals surface area contributed by atoms with Gasteiger partial charge < -0.3 is 36.8 Å². The number of nitrogens with zero attached hydrogens (tertiary/aromatic N) is 1. The lowest BCUT2D eigenvalue weighted by atomic mass is 9.56. The molecule has 0 radical (unpaired) electrons. The highest BCUT2D eigenvalue weighted by Gasteiger charge is 2.60. The average Bonchev–Trinajstić information content (AvgIpc) is 2.98. The second-order valence-corrected chi connectivity index (χ2v) is 11.9. The largest absolute Gasteiger partial charge is 0.510 e. The van der Waals surface area contributed by atoms with E-state index < -0.39 is 82.2 Å². The number of benzene rings is 3. The molecular formula is C33H32N4O8. The van der Waals surface area contributed by atoms with E-state index >= 15 is 0 Å². The number of hydrogen-bond donors (Lipinski definition) is 7. The minimum Gasteiger partial charge on any atom is -0.510 e. The van der Waals surface area contributed by atoms with Crippen LogP contribution in [-0.2, 0) is 14.4 Å². The van der Waals surface area contributed by atoms with Crippen LogP contribution in [0.3, 0.4) is 0 Å². The van der Waals surface area contributed by atoms with Crippen LogP contribution in [0.4, 0.5) is 16.2 Å². The SMILES string of the molecule is CC1c2ccc(NC(=O)Nc3cccc4ccccc34)c(O)c2C(O)=C2C(=O)C3C(=O)C(C(N)=O)=C(O)C(N(C)C)C3C(O)C21. The minimum absolute atomic E-state index is 0.0590. The van der Waals surface area contributed by atoms with Gasteiger partial charge in [-0.15, -0.1) is 0 Å². The first-order valence-electron chi connectivity index (χ1n) is 14.4. The van der Waals surface area contributed by atoms with Crippen molar-refractivity contribution in [2.45, 2.75) is 25.0 Å². The van der Waals surface area contributed by atoms with Crippen LogP contribution in [-0.4, -0.2) is 75.1 Å². The number of carbonyl (C=O) groups is 4. The Morgan fingerprint density at radius 2 is 1.56 bits per heavy atom. The van der Waals surface area contributed by atoms with E-state index in [1.54, 1.807) is 39.2 Å². The number of likely N-dealkylation sites (N-methyl/N-ethyl adjacent to an activating group) is 1. The number of rotatable bonds is 4. The van der Waals surface area contributed by atoms with E-state index in [2.05, 4.69) is 10.6 Å². The van der Waals surface area contributed by atoms with Crippen molar-refractivity contribution in [2.24, 2.45) is 23.5 Å². The van der Waals surface area contributed by atoms with Gasteiger partial charge in [0.1, 0.15) is 22.8 Å². The highest BCUT2D eigenvalue weighted by molar-refractivity contribution is 6.28. The zero-order valence-electron chi connectivity index (χ0n) is 24.6. The Morgan fingerprint density at radius 1 is 0.889 bits per heavy atom. The van der Waals surface area contributed by atoms with E-state index in [-0.39, 0.29) is 16.8 Å². The maximum atomic E-state index is 14.1. The van der Waals surface area contributed by atoms with Crippen molar-refractivity contribution in [1.29, 1.82) is 0 Å². The summed E-state index contributed by atoms with van der Waals surface area (Å²) < 4.78 is 0. The van der Waals surface area contributed by atoms with Gasteiger partial charge in [-0.3, -0.25) is 19.3 Å². The van der Waals surface area contributed by atoms with Crippen LogP contribution >= 0.6 is 0 Å². The Morgan fingerprint density at radius 3 is 2.24 bits per heavy atom. The first kappa shape index (κ1) is 29.9. The Balaban J connectivity index is 1.39. The van der Waals surface area contributed by atoms with E-state index in [4.69, 9.17) is 5.73 Å². The van der Waals surface area contributed by atoms with Crippen molar-refractivity contribution in [2.75, 3.05) is 24.7 Å². The van der Waals surface area contributed by atoms with Gasteiger partial charge in [-0.1, -0.05) is 49.4 Å². The van der Waals surface area contributed by atoms with Gasteiger partial charge in [-0.05, 0) is 43.1 Å². The van der Waals surface area contributed by atoms with Crippen LogP contribution in [0.5, 0.6) is 5.75 Å². The molecule has 0 spiro atoms. The molecule has 3 aliphatic carbocycles. The van der Waals surface area contributed by atoms with Gasteiger partial charge in [0.15, 0.2) is 11.6 Å². The number of ketones is 2. The minimum atomic E-state index is -1.62. The summed E-state index contributed by atoms with van der Waals surface area (Å²) in [6.45, 7) is 1.70. The molecule has 1 fully saturated rings. The molecule has 3 amide bonds. The molecular weight excluding hydrogens is 580 g/mol. The lowest BCUT2D eigenvalue weighted by Crippen LogP contribution is -2.61. The normalized spacial score (nSPS) is 26.0. The quantitative estimate of drug-likeness (QED) is 0.131. The van der Waals surface area contributed by atoms with Crippen LogP contribution in [0.2, 0.25) is 0 Å². The van der Waals surface area contributed by atoms with E-state index in [9.17, 15) is 39.6 Å². The fourth-order valence-electron chi connectivity index (χ4n) is 7.32. The van der Waals surface area contributed by atoms with Gasteiger partial charge in [-0.2, -0.15) is 0 Å². The molecule has 12 heteroatoms. The molecule has 3 aromatic rings. The van der Waals surface area contributed by atoms with Crippen molar-refractivity contribution in [3.05, 3.63) is 82.6 Å². The Kier molecular flexibility index (Phi) is 7.13. The van der Waals surface area contributed by atoms with Crippen LogP contribution in [0.25, 0.3) is 16.5 Å². The maximum Gasteiger partial charge on any atom is 0.323 e. The molecule has 8 N–H and O–H groups in total. The maximum absolute atomic E-state index is 14.1. The molecule has 0 heterocycles. The van der Waals surface area contributed by atoms with E-state index in [1.807, 2.05) is 30.3 Å². The number of anilines is 2. The first-order valence-corrected chi connectivity index (χ1v) is 14.4. The number of aromatic hydroxyl groups is 1. The number of Topliss-reactive ketones (excluding diaryl/α,β-unsaturated/α-hetero) is 2. The van der Waals surface area contributed by atoms with Crippen LogP contribution in [0.15, 0.2) is 71.5 Å². The van der Waals surface area contributed by atoms with E-state index in [1.165, 1.54) is 11.0 Å². The third-order valence-corrected chi connectivity index (χ3v) is 9.28. The van der Waals surface area contributed by atoms with Crippen molar-refractivity contribution >= 4 is 51.4 Å². The summed E-state index contributed by atoms with van der Waals surface area (Å²) in [5, 5.41) is 52.5. The van der Waals surface area contributed by atoms with Gasteiger partial charge in [-0.25, -0.2) is 4.79 Å². The van der Waals surface area contributed by atoms with Crippen molar-refractivity contribution in [3.8, 4) is 5.75 Å². The van der Waals surface area contributed by atoms with E-state index in [0.29, 0.717) is 11.3 Å². The smallest absolute Gasteiger partial charge is 0.323 e. The molecule has 6 unspecified atom stereocenters. The average molecular weight is 613 g/mol. The number of amides is 3. The van der Waals surface area contributed by atoms with E-state index in [0.717, 1.165) is 10.8 Å². The van der Waals surface area contributed by atoms with Gasteiger partial charge in [0.05, 0.1) is 35.0 Å². The summed E-state index contributed by atoms with van der Waals surface area (Å²) in [6.07, 6.45) is -1.42. The third-order valence-electron chi connectivity index (χ3n) is 9.28. The second-order valence-electron chi connectivity index (χ2n) is 11.9. The van der Waals surface area contributed by atoms with Crippen molar-refractivity contribution < 1.29 is 39.6 Å². The van der Waals surface area contributed by atoms with Gasteiger partial charge in [0.25, 0.3) is 5.91 Å². The van der Waals surface area contributed by atoms with Crippen LogP contribution in [0, 0.1) is 17.8 Å². The predicted octanol–water partition coefficient (Wildman–Crippen LogP) is 3.18. The number of aliphatic hydroxyl groups excluding tert-OH is 3. The Labute approximate surface area is 257 Å². The number of nitrogens with one attached hydrogen (secondary N) is 2. The Hall–Kier alpha value is -5.20. The number of nitrogens with two attached hydrogens (primary N) is 1. The number of hydrogen-bond acceptors (Lipinski definition) is 9. The molecule has 0 aromatic heterocycles. The summed E-state index contributed by atoms with van der Waals surface area (Å²) in [7, 11) is 3.13. The molecule has 12 nitrogen and oxygen atoms in total. The number of phenols is 1. The van der Waals surface area contributed by atoms with Crippen molar-refractivity contribution in [1.82, 2.24) is 4.90 Å². The molecule has 232 valence electrons. The van der Waals surface area contributed by atoms with Gasteiger partial charge in [0, 0.05) is 22.8 Å². The van der Waals surface area contributed by atoms with Gasteiger partial charge >= 0.3 is 6.03 Å². The monoisotopic (exact) mass is 612 g/mol. The molecule has 0 bridgehead atoms. The standard InChI is InChI=1S/C33H32N4O8/c1-13-15-11-12-18(36-33(45)35-17-10-6-8-14-7-4-5-9-16(14)17)26(38)20(15)28(40)22-19(13)27(39)21-23(29(22)41)30(42)24(32(34)44)31(43)25(21)37(2)3/h4-13,19,21,23,25,27,38-40,43H,1-3H3,(H2,34,44)(H2,35,36,45). The number of phenolic OH excluding ortho intramolecular Hbond substituents is 1. The van der Waals surface area contributed by atoms with Crippen molar-refractivity contribution in [3.63, 3.8) is 0 Å². The zero-order chi connectivity index (χ0) is 32.5. The number of primary amides is 1. The first-order chi connectivity index (χ1) is 21.3. The molecule has 0 aliphatic heterocycles. The molecule has 0 saturated heterocycles. The summed E-state index contributed by atoms with van der Waals surface area (Å²) in [6, 6.07) is 14.2. The molecule has 6 rings (SSSR count). The number of carbonyl (C=O) groups excluding carboxylic acids is 4. The lowest BCUT2D eigenvalue weighted by molar-refractivity contribution is -0.143. The molecule has 3 aromatic carbocycles. The number of urea groups is 1. The lowest BCUT2D eigenvalue weighted by Gasteiger charge is -2.50. The van der Waals surface area contributed by atoms with Gasteiger partial charge in [0.2, 0.25) is 0 Å². The number of fused-ring (bicyclic) bond motifs is 4. The summed E-state index contributed by atoms with van der Waals surface area (Å²) in [5.74, 6) is -9.35. The van der Waals surface area contributed by atoms with Crippen LogP contribution < -0.4 is 16.4 Å². The highest BCUT2D eigenvalue weighted by Crippen LogP contribution is 2.55. The molecule has 45 heavy (non-hydrogen) atoms. The fraction of sp³-hybridized carbons (Fsp3) is 0.273. The third kappa shape index (κ3) is 4.44. The topological polar surface area (TPSA) is 203 Å². The number of aliphatic hydroxyl groups is 3. The molecule has 3 aliphatic rings. The predicted molar refractivity (Wildman–Crippen MR) is 165 cm³/mol. The highest BCUT2D eigenvalue weighted by atomic mass is 16.3. The fourth-order valence-corrected chi connectivity index (χ4v) is 7.32. The summed E-state index contributed by atoms with van der Waals surface area (Å²) in [5.41, 5.74) is 5.13. The molecule has 1 saturated carbocycles. The Bertz CT molecular complexity index is 1870. The summed E-state index contributed by atoms with van der Waals surface area (Å²) in [4.78, 5) is 54.2. The zero-order valence-corrected chi connectivity index (χ0v) is 24.6. The van der Waals surface area contributed by atoms with Crippen LogP contribution in [0.1, 0.15) is 24.0 Å². The second kappa shape index (κ2) is 10.8. The molecule has 6 atom stereocenters. The summed E-state index contributed by atoms with van der Waals surface area (Å²) >= 11 is 0.